The first-order valence-electron chi connectivity index (χ1n) is 7.06. The Bertz CT molecular complexity index is 358. The first kappa shape index (κ1) is 14.0. The molecule has 0 radical (unpaired) electrons. The van der Waals surface area contributed by atoms with Crippen LogP contribution in [0.25, 0.3) is 0 Å². The average molecular weight is 267 g/mol. The molecule has 4 heteroatoms. The summed E-state index contributed by atoms with van der Waals surface area (Å²) in [5.74, 6) is 0.787. The van der Waals surface area contributed by atoms with Crippen LogP contribution in [0, 0.1) is 5.92 Å². The molecule has 1 saturated carbocycles. The summed E-state index contributed by atoms with van der Waals surface area (Å²) >= 11 is 1.75. The van der Waals surface area contributed by atoms with Gasteiger partial charge in [-0.15, -0.1) is 11.3 Å². The zero-order valence-corrected chi connectivity index (χ0v) is 12.4. The highest BCUT2D eigenvalue weighted by atomic mass is 32.1. The van der Waals surface area contributed by atoms with Crippen LogP contribution in [0.4, 0.5) is 0 Å². The van der Waals surface area contributed by atoms with Gasteiger partial charge in [0.15, 0.2) is 0 Å². The summed E-state index contributed by atoms with van der Waals surface area (Å²) in [7, 11) is 0. The number of nitrogens with two attached hydrogens (primary N) is 1. The van der Waals surface area contributed by atoms with E-state index in [1.807, 2.05) is 0 Å². The molecule has 0 unspecified atom stereocenters. The van der Waals surface area contributed by atoms with Crippen LogP contribution in [0.5, 0.6) is 0 Å². The molecule has 0 atom stereocenters. The Kier molecular flexibility index (Phi) is 5.15. The third-order valence-corrected chi connectivity index (χ3v) is 4.34. The Balaban J connectivity index is 1.86. The lowest BCUT2D eigenvalue weighted by Gasteiger charge is -2.21. The molecule has 1 aromatic rings. The minimum Gasteiger partial charge on any atom is -0.330 e. The van der Waals surface area contributed by atoms with Crippen molar-refractivity contribution in [2.75, 3.05) is 13.1 Å². The van der Waals surface area contributed by atoms with Crippen molar-refractivity contribution in [3.05, 3.63) is 16.1 Å². The second-order valence-electron chi connectivity index (χ2n) is 5.66. The van der Waals surface area contributed by atoms with Crippen LogP contribution >= 0.6 is 11.3 Å². The predicted molar refractivity (Wildman–Crippen MR) is 77.8 cm³/mol. The number of rotatable bonds is 8. The van der Waals surface area contributed by atoms with E-state index in [0.717, 1.165) is 24.9 Å². The van der Waals surface area contributed by atoms with E-state index in [1.165, 1.54) is 36.5 Å². The van der Waals surface area contributed by atoms with Crippen LogP contribution in [-0.4, -0.2) is 29.0 Å². The molecule has 0 spiro atoms. The normalized spacial score (nSPS) is 15.8. The minimum atomic E-state index is 0.701. The second-order valence-corrected chi connectivity index (χ2v) is 6.60. The fourth-order valence-electron chi connectivity index (χ4n) is 2.12. The number of thiazole rings is 1. The Morgan fingerprint density at radius 3 is 2.89 bits per heavy atom. The highest BCUT2D eigenvalue weighted by Gasteiger charge is 2.29. The van der Waals surface area contributed by atoms with E-state index in [-0.39, 0.29) is 0 Å². The fourth-order valence-corrected chi connectivity index (χ4v) is 2.93. The van der Waals surface area contributed by atoms with Crippen LogP contribution < -0.4 is 5.73 Å². The average Bonchev–Trinajstić information content (AvgIpc) is 3.07. The molecule has 0 saturated heterocycles. The van der Waals surface area contributed by atoms with Gasteiger partial charge in [0.25, 0.3) is 0 Å². The van der Waals surface area contributed by atoms with E-state index in [9.17, 15) is 0 Å². The maximum absolute atomic E-state index is 5.57. The van der Waals surface area contributed by atoms with Crippen molar-refractivity contribution in [1.29, 1.82) is 0 Å². The molecule has 3 nitrogen and oxygen atoms in total. The quantitative estimate of drug-likeness (QED) is 0.787. The van der Waals surface area contributed by atoms with Crippen LogP contribution in [0.15, 0.2) is 5.38 Å². The third kappa shape index (κ3) is 4.34. The SMILES string of the molecule is CC(C)CCN(Cc1csc(CCN)n1)C1CC1. The molecule has 2 rings (SSSR count). The monoisotopic (exact) mass is 267 g/mol. The zero-order chi connectivity index (χ0) is 13.0. The highest BCUT2D eigenvalue weighted by Crippen LogP contribution is 2.29. The van der Waals surface area contributed by atoms with Gasteiger partial charge < -0.3 is 5.73 Å². The van der Waals surface area contributed by atoms with Crippen molar-refractivity contribution in [1.82, 2.24) is 9.88 Å². The molecule has 1 aliphatic rings. The highest BCUT2D eigenvalue weighted by molar-refractivity contribution is 7.09. The van der Waals surface area contributed by atoms with Crippen LogP contribution in [0.3, 0.4) is 0 Å². The number of nitrogens with zero attached hydrogens (tertiary/aromatic N) is 2. The van der Waals surface area contributed by atoms with Gasteiger partial charge in [-0.05, 0) is 38.3 Å². The van der Waals surface area contributed by atoms with Crippen molar-refractivity contribution >= 4 is 11.3 Å². The van der Waals surface area contributed by atoms with Crippen molar-refractivity contribution in [3.63, 3.8) is 0 Å². The Labute approximate surface area is 114 Å². The summed E-state index contributed by atoms with van der Waals surface area (Å²) in [5, 5.41) is 3.39. The van der Waals surface area contributed by atoms with Gasteiger partial charge in [0.2, 0.25) is 0 Å². The lowest BCUT2D eigenvalue weighted by atomic mass is 10.1. The van der Waals surface area contributed by atoms with Gasteiger partial charge in [0.05, 0.1) is 10.7 Å². The Morgan fingerprint density at radius 2 is 2.28 bits per heavy atom. The molecule has 0 amide bonds. The van der Waals surface area contributed by atoms with E-state index >= 15 is 0 Å². The molecule has 1 aromatic heterocycles. The number of hydrogen-bond acceptors (Lipinski definition) is 4. The second kappa shape index (κ2) is 6.64. The van der Waals surface area contributed by atoms with Crippen molar-refractivity contribution < 1.29 is 0 Å². The summed E-state index contributed by atoms with van der Waals surface area (Å²) in [6.45, 7) is 7.54. The van der Waals surface area contributed by atoms with Gasteiger partial charge in [0.1, 0.15) is 0 Å². The molecule has 0 bridgehead atoms. The maximum atomic E-state index is 5.57. The van der Waals surface area contributed by atoms with Gasteiger partial charge in [-0.1, -0.05) is 13.8 Å². The lowest BCUT2D eigenvalue weighted by molar-refractivity contribution is 0.237. The van der Waals surface area contributed by atoms with Crippen molar-refractivity contribution in [2.24, 2.45) is 11.7 Å². The van der Waals surface area contributed by atoms with Gasteiger partial charge in [-0.3, -0.25) is 4.90 Å². The fraction of sp³-hybridized carbons (Fsp3) is 0.786. The van der Waals surface area contributed by atoms with E-state index in [1.54, 1.807) is 11.3 Å². The first-order valence-corrected chi connectivity index (χ1v) is 7.94. The molecule has 102 valence electrons. The van der Waals surface area contributed by atoms with Crippen molar-refractivity contribution in [2.45, 2.75) is 52.1 Å². The van der Waals surface area contributed by atoms with E-state index in [0.29, 0.717) is 6.54 Å². The molecular formula is C14H25N3S. The summed E-state index contributed by atoms with van der Waals surface area (Å²) in [4.78, 5) is 7.29. The molecule has 2 N–H and O–H groups in total. The van der Waals surface area contributed by atoms with E-state index < -0.39 is 0 Å². The molecular weight excluding hydrogens is 242 g/mol. The number of aromatic nitrogens is 1. The molecule has 0 aromatic carbocycles. The van der Waals surface area contributed by atoms with E-state index in [2.05, 4.69) is 29.1 Å². The van der Waals surface area contributed by atoms with Crippen LogP contribution in [-0.2, 0) is 13.0 Å². The molecule has 1 aliphatic carbocycles. The van der Waals surface area contributed by atoms with Gasteiger partial charge >= 0.3 is 0 Å². The minimum absolute atomic E-state index is 0.701. The molecule has 0 aliphatic heterocycles. The van der Waals surface area contributed by atoms with Crippen LogP contribution in [0.1, 0.15) is 43.8 Å². The van der Waals surface area contributed by atoms with E-state index in [4.69, 9.17) is 5.73 Å². The smallest absolute Gasteiger partial charge is 0.0941 e. The van der Waals surface area contributed by atoms with Gasteiger partial charge in [-0.2, -0.15) is 0 Å². The van der Waals surface area contributed by atoms with Gasteiger partial charge in [0, 0.05) is 24.4 Å². The molecule has 1 heterocycles. The predicted octanol–water partition coefficient (Wildman–Crippen LogP) is 2.65. The summed E-state index contributed by atoms with van der Waals surface area (Å²) < 4.78 is 0. The molecule has 18 heavy (non-hydrogen) atoms. The Morgan fingerprint density at radius 1 is 1.50 bits per heavy atom. The lowest BCUT2D eigenvalue weighted by Crippen LogP contribution is -2.27. The third-order valence-electron chi connectivity index (χ3n) is 3.38. The van der Waals surface area contributed by atoms with Gasteiger partial charge in [-0.25, -0.2) is 4.98 Å². The standard InChI is InChI=1S/C14H25N3S/c1-11(2)6-8-17(13-3-4-13)9-12-10-18-14(16-12)5-7-15/h10-11,13H,3-9,15H2,1-2H3. The largest absolute Gasteiger partial charge is 0.330 e. The van der Waals surface area contributed by atoms with Crippen molar-refractivity contribution in [3.8, 4) is 0 Å². The Hall–Kier alpha value is -0.450. The topological polar surface area (TPSA) is 42.1 Å². The zero-order valence-electron chi connectivity index (χ0n) is 11.6. The maximum Gasteiger partial charge on any atom is 0.0941 e. The summed E-state index contributed by atoms with van der Waals surface area (Å²) in [5.41, 5.74) is 6.80. The van der Waals surface area contributed by atoms with Crippen LogP contribution in [0.2, 0.25) is 0 Å². The summed E-state index contributed by atoms with van der Waals surface area (Å²) in [6, 6.07) is 0.823. The number of hydrogen-bond donors (Lipinski definition) is 1. The summed E-state index contributed by atoms with van der Waals surface area (Å²) in [6.07, 6.45) is 4.95. The molecule has 1 fully saturated rings. The first-order chi connectivity index (χ1) is 8.69.